The van der Waals surface area contributed by atoms with E-state index < -0.39 is 0 Å². The summed E-state index contributed by atoms with van der Waals surface area (Å²) < 4.78 is 0. The number of nitrogens with zero attached hydrogens (tertiary/aromatic N) is 2. The topological polar surface area (TPSA) is 28.2 Å². The van der Waals surface area contributed by atoms with Gasteiger partial charge in [0.2, 0.25) is 0 Å². The zero-order valence-corrected chi connectivity index (χ0v) is 13.0. The molecule has 0 aromatic carbocycles. The number of hydrogen-bond acceptors (Lipinski definition) is 4. The van der Waals surface area contributed by atoms with Crippen LogP contribution < -0.4 is 10.2 Å². The van der Waals surface area contributed by atoms with Gasteiger partial charge in [-0.05, 0) is 32.0 Å². The van der Waals surface area contributed by atoms with Gasteiger partial charge in [0, 0.05) is 42.0 Å². The van der Waals surface area contributed by atoms with E-state index in [9.17, 15) is 0 Å². The van der Waals surface area contributed by atoms with Crippen LogP contribution in [0.4, 0.5) is 5.69 Å². The van der Waals surface area contributed by atoms with Crippen LogP contribution in [0, 0.1) is 0 Å². The minimum Gasteiger partial charge on any atom is -0.367 e. The molecule has 0 aliphatic carbocycles. The molecule has 1 aromatic rings. The fourth-order valence-electron chi connectivity index (χ4n) is 2.43. The van der Waals surface area contributed by atoms with Gasteiger partial charge >= 0.3 is 0 Å². The standard InChI is InChI=1S/C15H25N3S/c1-4-6-16-11-14-10-15(5-7-17-14)18-8-9-19-13(3)12(18)2/h5,7,10,12-13,16H,4,6,8-9,11H2,1-3H3. The number of thioether (sulfide) groups is 1. The van der Waals surface area contributed by atoms with Gasteiger partial charge in [-0.3, -0.25) is 4.98 Å². The highest BCUT2D eigenvalue weighted by molar-refractivity contribution is 8.00. The lowest BCUT2D eigenvalue weighted by Crippen LogP contribution is -2.44. The van der Waals surface area contributed by atoms with Crippen LogP contribution in [0.3, 0.4) is 0 Å². The van der Waals surface area contributed by atoms with Crippen molar-refractivity contribution in [2.45, 2.75) is 45.0 Å². The van der Waals surface area contributed by atoms with Crippen molar-refractivity contribution >= 4 is 17.4 Å². The van der Waals surface area contributed by atoms with Crippen molar-refractivity contribution < 1.29 is 0 Å². The first-order chi connectivity index (χ1) is 9.22. The summed E-state index contributed by atoms with van der Waals surface area (Å²) in [6.45, 7) is 9.90. The molecule has 106 valence electrons. The quantitative estimate of drug-likeness (QED) is 0.839. The third-order valence-electron chi connectivity index (χ3n) is 3.75. The third-order valence-corrected chi connectivity index (χ3v) is 5.09. The molecule has 1 fully saturated rings. The molecule has 1 aromatic heterocycles. The summed E-state index contributed by atoms with van der Waals surface area (Å²) in [6, 6.07) is 4.97. The molecule has 0 amide bonds. The first-order valence-corrected chi connectivity index (χ1v) is 8.31. The third kappa shape index (κ3) is 3.86. The van der Waals surface area contributed by atoms with E-state index in [0.717, 1.165) is 31.7 Å². The largest absolute Gasteiger partial charge is 0.367 e. The number of anilines is 1. The summed E-state index contributed by atoms with van der Waals surface area (Å²) in [5, 5.41) is 4.11. The molecule has 0 spiro atoms. The van der Waals surface area contributed by atoms with E-state index in [2.05, 4.69) is 59.9 Å². The van der Waals surface area contributed by atoms with Crippen molar-refractivity contribution in [1.82, 2.24) is 10.3 Å². The molecule has 4 heteroatoms. The average molecular weight is 279 g/mol. The molecule has 19 heavy (non-hydrogen) atoms. The Morgan fingerprint density at radius 1 is 1.47 bits per heavy atom. The second-order valence-corrected chi connectivity index (χ2v) is 6.68. The van der Waals surface area contributed by atoms with Gasteiger partial charge < -0.3 is 10.2 Å². The van der Waals surface area contributed by atoms with Gasteiger partial charge in [0.15, 0.2) is 0 Å². The number of aromatic nitrogens is 1. The van der Waals surface area contributed by atoms with Gasteiger partial charge in [0.1, 0.15) is 0 Å². The second kappa shape index (κ2) is 7.15. The Bertz CT molecular complexity index is 397. The fourth-order valence-corrected chi connectivity index (χ4v) is 3.53. The minimum atomic E-state index is 0.595. The predicted molar refractivity (Wildman–Crippen MR) is 85.0 cm³/mol. The van der Waals surface area contributed by atoms with Gasteiger partial charge in [-0.1, -0.05) is 13.8 Å². The lowest BCUT2D eigenvalue weighted by atomic mass is 10.1. The Morgan fingerprint density at radius 3 is 3.11 bits per heavy atom. The molecule has 1 saturated heterocycles. The molecule has 3 nitrogen and oxygen atoms in total. The van der Waals surface area contributed by atoms with E-state index in [1.54, 1.807) is 0 Å². The smallest absolute Gasteiger partial charge is 0.0562 e. The molecule has 1 aliphatic heterocycles. The molecule has 1 aliphatic rings. The number of pyridine rings is 1. The maximum Gasteiger partial charge on any atom is 0.0562 e. The minimum absolute atomic E-state index is 0.595. The van der Waals surface area contributed by atoms with Crippen LogP contribution >= 0.6 is 11.8 Å². The Morgan fingerprint density at radius 2 is 2.32 bits per heavy atom. The molecule has 0 saturated carbocycles. The normalized spacial score (nSPS) is 23.6. The van der Waals surface area contributed by atoms with Crippen LogP contribution in [0.2, 0.25) is 0 Å². The van der Waals surface area contributed by atoms with E-state index in [4.69, 9.17) is 0 Å². The Labute approximate surface area is 121 Å². The van der Waals surface area contributed by atoms with Crippen molar-refractivity contribution in [2.24, 2.45) is 0 Å². The van der Waals surface area contributed by atoms with E-state index >= 15 is 0 Å². The first kappa shape index (κ1) is 14.7. The molecule has 2 heterocycles. The molecule has 2 atom stereocenters. The molecule has 2 unspecified atom stereocenters. The second-order valence-electron chi connectivity index (χ2n) is 5.19. The Kier molecular flexibility index (Phi) is 5.52. The molecular weight excluding hydrogens is 254 g/mol. The van der Waals surface area contributed by atoms with Gasteiger partial charge in [0.25, 0.3) is 0 Å². The SMILES string of the molecule is CCCNCc1cc(N2CCSC(C)C2C)ccn1. The lowest BCUT2D eigenvalue weighted by molar-refractivity contribution is 0.624. The van der Waals surface area contributed by atoms with Gasteiger partial charge in [-0.15, -0.1) is 0 Å². The Hall–Kier alpha value is -0.740. The van der Waals surface area contributed by atoms with Crippen molar-refractivity contribution in [2.75, 3.05) is 23.7 Å². The van der Waals surface area contributed by atoms with Gasteiger partial charge in [-0.2, -0.15) is 11.8 Å². The molecule has 0 bridgehead atoms. The molecule has 2 rings (SSSR count). The fraction of sp³-hybridized carbons (Fsp3) is 0.667. The van der Waals surface area contributed by atoms with Gasteiger partial charge in [0.05, 0.1) is 5.69 Å². The number of rotatable bonds is 5. The lowest BCUT2D eigenvalue weighted by Gasteiger charge is -2.39. The van der Waals surface area contributed by atoms with E-state index in [0.29, 0.717) is 11.3 Å². The molecule has 1 N–H and O–H groups in total. The Balaban J connectivity index is 2.05. The zero-order valence-electron chi connectivity index (χ0n) is 12.2. The highest BCUT2D eigenvalue weighted by atomic mass is 32.2. The maximum absolute atomic E-state index is 4.46. The predicted octanol–water partition coefficient (Wildman–Crippen LogP) is 2.91. The van der Waals surface area contributed by atoms with Crippen molar-refractivity contribution in [1.29, 1.82) is 0 Å². The van der Waals surface area contributed by atoms with Crippen molar-refractivity contribution in [3.63, 3.8) is 0 Å². The van der Waals surface area contributed by atoms with E-state index in [1.807, 2.05) is 6.20 Å². The van der Waals surface area contributed by atoms with Crippen LogP contribution in [0.15, 0.2) is 18.3 Å². The highest BCUT2D eigenvalue weighted by Crippen LogP contribution is 2.28. The molecular formula is C15H25N3S. The maximum atomic E-state index is 4.46. The molecule has 0 radical (unpaired) electrons. The number of hydrogen-bond donors (Lipinski definition) is 1. The summed E-state index contributed by atoms with van der Waals surface area (Å²) in [6.07, 6.45) is 3.11. The van der Waals surface area contributed by atoms with Gasteiger partial charge in [-0.25, -0.2) is 0 Å². The summed E-state index contributed by atoms with van der Waals surface area (Å²) in [5.41, 5.74) is 2.46. The van der Waals surface area contributed by atoms with Crippen LogP contribution in [-0.4, -0.2) is 35.1 Å². The van der Waals surface area contributed by atoms with Crippen LogP contribution in [0.1, 0.15) is 32.9 Å². The summed E-state index contributed by atoms with van der Waals surface area (Å²) in [5.74, 6) is 1.22. The zero-order chi connectivity index (χ0) is 13.7. The average Bonchev–Trinajstić information content (AvgIpc) is 2.43. The van der Waals surface area contributed by atoms with Crippen LogP contribution in [0.5, 0.6) is 0 Å². The van der Waals surface area contributed by atoms with Crippen molar-refractivity contribution in [3.05, 3.63) is 24.0 Å². The summed E-state index contributed by atoms with van der Waals surface area (Å²) in [4.78, 5) is 6.98. The monoisotopic (exact) mass is 279 g/mol. The van der Waals surface area contributed by atoms with E-state index in [-0.39, 0.29) is 0 Å². The summed E-state index contributed by atoms with van der Waals surface area (Å²) >= 11 is 2.08. The first-order valence-electron chi connectivity index (χ1n) is 7.26. The van der Waals surface area contributed by atoms with E-state index in [1.165, 1.54) is 11.4 Å². The number of nitrogens with one attached hydrogen (secondary N) is 1. The summed E-state index contributed by atoms with van der Waals surface area (Å²) in [7, 11) is 0. The highest BCUT2D eigenvalue weighted by Gasteiger charge is 2.25. The van der Waals surface area contributed by atoms with Crippen LogP contribution in [0.25, 0.3) is 0 Å². The van der Waals surface area contributed by atoms with Crippen LogP contribution in [-0.2, 0) is 6.54 Å². The van der Waals surface area contributed by atoms with Crippen molar-refractivity contribution in [3.8, 4) is 0 Å².